The molecule has 208 valence electrons. The van der Waals surface area contributed by atoms with Gasteiger partial charge in [0, 0.05) is 12.5 Å². The van der Waals surface area contributed by atoms with E-state index in [2.05, 4.69) is 32.7 Å². The molecule has 0 saturated heterocycles. The summed E-state index contributed by atoms with van der Waals surface area (Å²) in [5.41, 5.74) is 0.348. The van der Waals surface area contributed by atoms with Crippen LogP contribution >= 0.6 is 0 Å². The number of rotatable bonds is 11. The van der Waals surface area contributed by atoms with E-state index in [-0.39, 0.29) is 42.2 Å². The Hall–Kier alpha value is -5.09. The molecule has 0 N–H and O–H groups in total. The zero-order valence-electron chi connectivity index (χ0n) is 22.5. The minimum atomic E-state index is -1.09. The van der Waals surface area contributed by atoms with Crippen LogP contribution in [0.3, 0.4) is 0 Å². The van der Waals surface area contributed by atoms with Gasteiger partial charge in [-0.25, -0.2) is 14.4 Å². The lowest BCUT2D eigenvalue weighted by atomic mass is 9.95. The second-order valence-electron chi connectivity index (χ2n) is 8.96. The topological polar surface area (TPSA) is 152 Å². The number of allylic oxidation sites excluding steroid dienone is 3. The summed E-state index contributed by atoms with van der Waals surface area (Å²) in [5, 5.41) is 24.7. The number of azo groups is 1. The van der Waals surface area contributed by atoms with E-state index >= 15 is 0 Å². The molecular formula is C28H28N4O8. The highest BCUT2D eigenvalue weighted by Crippen LogP contribution is 2.36. The summed E-state index contributed by atoms with van der Waals surface area (Å²) in [4.78, 5) is 38.4. The van der Waals surface area contributed by atoms with E-state index in [1.165, 1.54) is 37.5 Å². The van der Waals surface area contributed by atoms with Gasteiger partial charge in [0.2, 0.25) is 11.3 Å². The number of hydrogen-bond acceptors (Lipinski definition) is 12. The largest absolute Gasteiger partial charge is 0.615 e. The molecule has 1 unspecified atom stereocenters. The van der Waals surface area contributed by atoms with Crippen molar-refractivity contribution < 1.29 is 38.4 Å². The predicted octanol–water partition coefficient (Wildman–Crippen LogP) is 2.90. The average Bonchev–Trinajstić information content (AvgIpc) is 3.31. The number of hydrogen-bond donors (Lipinski definition) is 0. The molecular weight excluding hydrogens is 520 g/mol. The molecule has 2 aliphatic rings. The molecule has 1 aliphatic heterocycles. The van der Waals surface area contributed by atoms with Crippen LogP contribution in [-0.2, 0) is 28.5 Å². The van der Waals surface area contributed by atoms with Gasteiger partial charge in [-0.3, -0.25) is 5.01 Å². The van der Waals surface area contributed by atoms with E-state index in [9.17, 15) is 19.5 Å². The van der Waals surface area contributed by atoms with Crippen LogP contribution in [0.15, 0.2) is 93.4 Å². The minimum Gasteiger partial charge on any atom is -0.615 e. The number of hydrazone groups is 1. The van der Waals surface area contributed by atoms with Crippen molar-refractivity contribution in [1.29, 1.82) is 0 Å². The number of anilines is 1. The van der Waals surface area contributed by atoms with Crippen molar-refractivity contribution in [3.05, 3.63) is 89.7 Å². The molecule has 0 fully saturated rings. The van der Waals surface area contributed by atoms with Gasteiger partial charge in [0.1, 0.15) is 36.6 Å². The smallest absolute Gasteiger partial charge is 0.399 e. The lowest BCUT2D eigenvalue weighted by Gasteiger charge is -2.34. The van der Waals surface area contributed by atoms with E-state index in [1.54, 1.807) is 38.1 Å². The second-order valence-corrected chi connectivity index (χ2v) is 8.96. The molecule has 1 atom stereocenters. The maximum absolute atomic E-state index is 13.1. The molecule has 40 heavy (non-hydrogen) atoms. The Kier molecular flexibility index (Phi) is 9.66. The van der Waals surface area contributed by atoms with Crippen molar-refractivity contribution in [2.24, 2.45) is 15.3 Å². The van der Waals surface area contributed by atoms with Crippen molar-refractivity contribution in [3.8, 4) is 0 Å². The van der Waals surface area contributed by atoms with Crippen molar-refractivity contribution in [1.82, 2.24) is 0 Å². The number of benzene rings is 1. The van der Waals surface area contributed by atoms with Crippen molar-refractivity contribution >= 4 is 29.3 Å². The van der Waals surface area contributed by atoms with E-state index in [1.807, 2.05) is 0 Å². The molecule has 1 aliphatic carbocycles. The van der Waals surface area contributed by atoms with Crippen LogP contribution in [0.4, 0.5) is 5.69 Å². The first kappa shape index (κ1) is 29.5. The standard InChI is InChI=1S/C28H28N4O8/c1-18(2)16-39-26(35)20-11-7-9-13-23(20)32-28(3,14-22(31-32)27(36)38-5)17-40-25(34)19-10-6-8-12-21(19)30-29-15-24(33)37-4/h7-13,15H,1,14,16-17H2,2-5H3. The monoisotopic (exact) mass is 548 g/mol. The van der Waals surface area contributed by atoms with Gasteiger partial charge in [-0.15, -0.1) is 5.11 Å². The van der Waals surface area contributed by atoms with Gasteiger partial charge in [-0.05, 0) is 38.7 Å². The first-order valence-corrected chi connectivity index (χ1v) is 12.0. The summed E-state index contributed by atoms with van der Waals surface area (Å²) in [6, 6.07) is 6.57. The maximum atomic E-state index is 13.1. The summed E-state index contributed by atoms with van der Waals surface area (Å²) in [6.45, 7) is 6.97. The van der Waals surface area contributed by atoms with E-state index < -0.39 is 29.4 Å². The quantitative estimate of drug-likeness (QED) is 0.101. The Bertz CT molecular complexity index is 1370. The highest BCUT2D eigenvalue weighted by atomic mass is 16.6. The molecule has 0 amide bonds. The van der Waals surface area contributed by atoms with Crippen molar-refractivity contribution in [3.63, 3.8) is 0 Å². The van der Waals surface area contributed by atoms with E-state index in [4.69, 9.17) is 14.2 Å². The number of nitrogens with zero attached hydrogens (tertiary/aromatic N) is 4. The fraction of sp³-hybridized carbons (Fsp3) is 0.286. The Morgan fingerprint density at radius 2 is 1.93 bits per heavy atom. The molecule has 0 aromatic heterocycles. The summed E-state index contributed by atoms with van der Waals surface area (Å²) in [7, 11) is 2.42. The lowest BCUT2D eigenvalue weighted by molar-refractivity contribution is -0.353. The molecule has 1 aromatic carbocycles. The van der Waals surface area contributed by atoms with Crippen LogP contribution in [0, 0.1) is 6.08 Å². The fourth-order valence-electron chi connectivity index (χ4n) is 3.66. The summed E-state index contributed by atoms with van der Waals surface area (Å²) in [6.07, 6.45) is 8.04. The van der Waals surface area contributed by atoms with Gasteiger partial charge < -0.3 is 24.1 Å². The summed E-state index contributed by atoms with van der Waals surface area (Å²) < 4.78 is 20.3. The highest BCUT2D eigenvalue weighted by molar-refractivity contribution is 6.37. The molecule has 3 rings (SSSR count). The number of carbonyl (C=O) groups is 3. The number of carbonyl (C=O) groups excluding carboxylic acids is 3. The van der Waals surface area contributed by atoms with E-state index in [0.29, 0.717) is 11.3 Å². The van der Waals surface area contributed by atoms with Crippen molar-refractivity contribution in [2.45, 2.75) is 25.8 Å². The number of ether oxygens (including phenoxy) is 4. The van der Waals surface area contributed by atoms with Crippen molar-refractivity contribution in [2.75, 3.05) is 32.4 Å². The number of methoxy groups -OCH3 is 2. The van der Waals surface area contributed by atoms with Crippen LogP contribution in [0.25, 0.3) is 0 Å². The second kappa shape index (κ2) is 13.1. The highest BCUT2D eigenvalue weighted by Gasteiger charge is 2.45. The molecule has 1 aromatic rings. The average molecular weight is 549 g/mol. The van der Waals surface area contributed by atoms with Gasteiger partial charge in [-0.1, -0.05) is 18.7 Å². The third kappa shape index (κ3) is 7.06. The number of esters is 3. The lowest BCUT2D eigenvalue weighted by Crippen LogP contribution is -2.45. The Labute approximate surface area is 231 Å². The molecule has 12 nitrogen and oxygen atoms in total. The molecule has 1 heterocycles. The SMILES string of the molecule is C=C(C)COC(=O)c1ccccc1N1N=C(C(=O)OC)CC1(C)COC(=O)C1=C(N=N/C=C(\[O-])OC)C=C[C+]=C1. The predicted molar refractivity (Wildman–Crippen MR) is 141 cm³/mol. The molecule has 0 bridgehead atoms. The van der Waals surface area contributed by atoms with E-state index in [0.717, 1.165) is 6.20 Å². The first-order chi connectivity index (χ1) is 19.1. The maximum Gasteiger partial charge on any atom is 0.399 e. The Morgan fingerprint density at radius 1 is 1.18 bits per heavy atom. The van der Waals surface area contributed by atoms with Gasteiger partial charge in [0.05, 0.1) is 36.6 Å². The zero-order chi connectivity index (χ0) is 29.3. The number of para-hydroxylation sites is 1. The van der Waals surface area contributed by atoms with Gasteiger partial charge in [0.15, 0.2) is 0 Å². The first-order valence-electron chi connectivity index (χ1n) is 12.0. The molecule has 12 heteroatoms. The van der Waals surface area contributed by atoms with Gasteiger partial charge >= 0.3 is 17.9 Å². The molecule has 0 radical (unpaired) electrons. The third-order valence-electron chi connectivity index (χ3n) is 5.61. The molecule has 0 spiro atoms. The van der Waals surface area contributed by atoms with Gasteiger partial charge in [0.25, 0.3) is 0 Å². The third-order valence-corrected chi connectivity index (χ3v) is 5.61. The van der Waals surface area contributed by atoms with Crippen LogP contribution in [-0.4, -0.2) is 56.6 Å². The fourth-order valence-corrected chi connectivity index (χ4v) is 3.66. The Morgan fingerprint density at radius 3 is 2.62 bits per heavy atom. The Balaban J connectivity index is 1.91. The zero-order valence-corrected chi connectivity index (χ0v) is 22.5. The van der Waals surface area contributed by atoms with Crippen LogP contribution in [0.1, 0.15) is 30.6 Å². The normalized spacial score (nSPS) is 18.4. The van der Waals surface area contributed by atoms with Crippen LogP contribution < -0.4 is 10.1 Å². The molecule has 0 saturated carbocycles. The summed E-state index contributed by atoms with van der Waals surface area (Å²) in [5.74, 6) is -2.75. The van der Waals surface area contributed by atoms with Crippen LogP contribution in [0.5, 0.6) is 0 Å². The van der Waals surface area contributed by atoms with Gasteiger partial charge in [-0.2, -0.15) is 10.2 Å². The summed E-state index contributed by atoms with van der Waals surface area (Å²) >= 11 is 0. The minimum absolute atomic E-state index is 0.0316. The van der Waals surface area contributed by atoms with Crippen LogP contribution in [0.2, 0.25) is 0 Å².